The van der Waals surface area contributed by atoms with Crippen molar-refractivity contribution < 1.29 is 4.74 Å². The lowest BCUT2D eigenvalue weighted by molar-refractivity contribution is 0.164. The Morgan fingerprint density at radius 2 is 2.05 bits per heavy atom. The average molecular weight is 293 g/mol. The molecule has 0 amide bonds. The highest BCUT2D eigenvalue weighted by atomic mass is 35.5. The highest BCUT2D eigenvalue weighted by molar-refractivity contribution is 6.35. The minimum Gasteiger partial charge on any atom is -0.490 e. The Labute approximate surface area is 122 Å². The second-order valence-corrected chi connectivity index (χ2v) is 5.54. The molecule has 0 radical (unpaired) electrons. The number of rotatable bonds is 2. The van der Waals surface area contributed by atoms with E-state index >= 15 is 0 Å². The summed E-state index contributed by atoms with van der Waals surface area (Å²) in [6.45, 7) is 1.94. The van der Waals surface area contributed by atoms with Gasteiger partial charge in [-0.1, -0.05) is 11.6 Å². The monoisotopic (exact) mass is 292 g/mol. The first-order valence-electron chi connectivity index (χ1n) is 6.82. The van der Waals surface area contributed by atoms with Crippen molar-refractivity contribution in [3.8, 4) is 5.75 Å². The standard InChI is InChI=1S/C15H17ClN2O2/c1-18-9-6-11-13(20-10-4-7-17-8-5-10)3-2-12(16)14(11)15(18)19/h2-3,6,9-10,17H,4-5,7-8H2,1H3. The summed E-state index contributed by atoms with van der Waals surface area (Å²) in [5.74, 6) is 0.744. The normalized spacial score (nSPS) is 16.5. The molecule has 0 saturated carbocycles. The maximum absolute atomic E-state index is 12.2. The van der Waals surface area contributed by atoms with Gasteiger partial charge < -0.3 is 14.6 Å². The van der Waals surface area contributed by atoms with E-state index in [4.69, 9.17) is 16.3 Å². The molecule has 106 valence electrons. The molecule has 2 heterocycles. The van der Waals surface area contributed by atoms with E-state index in [1.807, 2.05) is 12.1 Å². The van der Waals surface area contributed by atoms with Gasteiger partial charge in [0.05, 0.1) is 10.4 Å². The summed E-state index contributed by atoms with van der Waals surface area (Å²) in [5.41, 5.74) is -0.0942. The number of benzene rings is 1. The Morgan fingerprint density at radius 1 is 1.30 bits per heavy atom. The Morgan fingerprint density at radius 3 is 2.80 bits per heavy atom. The summed E-state index contributed by atoms with van der Waals surface area (Å²) < 4.78 is 7.60. The van der Waals surface area contributed by atoms with Crippen LogP contribution in [0.1, 0.15) is 12.8 Å². The second-order valence-electron chi connectivity index (χ2n) is 5.13. The number of nitrogens with zero attached hydrogens (tertiary/aromatic N) is 1. The molecular weight excluding hydrogens is 276 g/mol. The summed E-state index contributed by atoms with van der Waals surface area (Å²) in [4.78, 5) is 12.2. The molecule has 3 rings (SSSR count). The third-order valence-electron chi connectivity index (χ3n) is 3.73. The fraction of sp³-hybridized carbons (Fsp3) is 0.400. The number of hydrogen-bond donors (Lipinski definition) is 1. The molecule has 20 heavy (non-hydrogen) atoms. The Balaban J connectivity index is 2.05. The SMILES string of the molecule is Cn1ccc2c(OC3CCNCC3)ccc(Cl)c2c1=O. The molecule has 0 aliphatic carbocycles. The Kier molecular flexibility index (Phi) is 3.68. The number of fused-ring (bicyclic) bond motifs is 1. The topological polar surface area (TPSA) is 43.3 Å². The van der Waals surface area contributed by atoms with Gasteiger partial charge in [-0.2, -0.15) is 0 Å². The van der Waals surface area contributed by atoms with Crippen molar-refractivity contribution in [1.29, 1.82) is 0 Å². The van der Waals surface area contributed by atoms with E-state index in [2.05, 4.69) is 5.32 Å². The Bertz CT molecular complexity index is 690. The molecule has 0 unspecified atom stereocenters. The van der Waals surface area contributed by atoms with Gasteiger partial charge in [0.25, 0.3) is 5.56 Å². The van der Waals surface area contributed by atoms with Crippen molar-refractivity contribution in [3.63, 3.8) is 0 Å². The lowest BCUT2D eigenvalue weighted by Gasteiger charge is -2.24. The lowest BCUT2D eigenvalue weighted by atomic mass is 10.1. The zero-order chi connectivity index (χ0) is 14.1. The van der Waals surface area contributed by atoms with Crippen molar-refractivity contribution in [2.75, 3.05) is 13.1 Å². The predicted octanol–water partition coefficient (Wildman–Crippen LogP) is 2.32. The number of nitrogens with one attached hydrogen (secondary N) is 1. The van der Waals surface area contributed by atoms with E-state index in [9.17, 15) is 4.79 Å². The third kappa shape index (κ3) is 2.41. The number of halogens is 1. The second kappa shape index (κ2) is 5.46. The molecule has 5 heteroatoms. The fourth-order valence-corrected chi connectivity index (χ4v) is 2.83. The van der Waals surface area contributed by atoms with E-state index in [1.165, 1.54) is 4.57 Å². The molecule has 1 aliphatic heterocycles. The van der Waals surface area contributed by atoms with Gasteiger partial charge >= 0.3 is 0 Å². The number of piperidine rings is 1. The molecule has 1 N–H and O–H groups in total. The van der Waals surface area contributed by atoms with Crippen LogP contribution in [-0.4, -0.2) is 23.8 Å². The summed E-state index contributed by atoms with van der Waals surface area (Å²) in [6, 6.07) is 5.48. The maximum atomic E-state index is 12.2. The number of hydrogen-bond acceptors (Lipinski definition) is 3. The van der Waals surface area contributed by atoms with E-state index in [-0.39, 0.29) is 11.7 Å². The molecule has 1 fully saturated rings. The van der Waals surface area contributed by atoms with Gasteiger partial charge in [0.15, 0.2) is 0 Å². The minimum absolute atomic E-state index is 0.0942. The molecule has 0 bridgehead atoms. The number of aromatic nitrogens is 1. The van der Waals surface area contributed by atoms with Crippen LogP contribution in [0.4, 0.5) is 0 Å². The van der Waals surface area contributed by atoms with Crippen LogP contribution in [0.2, 0.25) is 5.02 Å². The largest absolute Gasteiger partial charge is 0.490 e. The minimum atomic E-state index is -0.0942. The van der Waals surface area contributed by atoms with Gasteiger partial charge in [0.2, 0.25) is 0 Å². The van der Waals surface area contributed by atoms with Crippen molar-refractivity contribution in [2.45, 2.75) is 18.9 Å². The van der Waals surface area contributed by atoms with E-state index in [0.717, 1.165) is 37.1 Å². The first kappa shape index (κ1) is 13.5. The average Bonchev–Trinajstić information content (AvgIpc) is 2.46. The van der Waals surface area contributed by atoms with Crippen molar-refractivity contribution in [1.82, 2.24) is 9.88 Å². The highest BCUT2D eigenvalue weighted by Gasteiger charge is 2.17. The molecular formula is C15H17ClN2O2. The van der Waals surface area contributed by atoms with Gasteiger partial charge in [-0.3, -0.25) is 4.79 Å². The van der Waals surface area contributed by atoms with E-state index < -0.39 is 0 Å². The maximum Gasteiger partial charge on any atom is 0.259 e. The molecule has 2 aromatic rings. The summed E-state index contributed by atoms with van der Waals surface area (Å²) in [7, 11) is 1.72. The molecule has 1 aliphatic rings. The highest BCUT2D eigenvalue weighted by Crippen LogP contribution is 2.30. The molecule has 0 atom stereocenters. The molecule has 1 aromatic heterocycles. The van der Waals surface area contributed by atoms with Crippen LogP contribution >= 0.6 is 11.6 Å². The predicted molar refractivity (Wildman–Crippen MR) is 80.7 cm³/mol. The molecule has 4 nitrogen and oxygen atoms in total. The van der Waals surface area contributed by atoms with Crippen LogP contribution in [0.3, 0.4) is 0 Å². The first-order valence-corrected chi connectivity index (χ1v) is 7.20. The number of ether oxygens (including phenoxy) is 1. The smallest absolute Gasteiger partial charge is 0.259 e. The third-order valence-corrected chi connectivity index (χ3v) is 4.05. The van der Waals surface area contributed by atoms with Crippen LogP contribution < -0.4 is 15.6 Å². The van der Waals surface area contributed by atoms with Gasteiger partial charge in [0, 0.05) is 18.6 Å². The van der Waals surface area contributed by atoms with Crippen molar-refractivity contribution >= 4 is 22.4 Å². The summed E-state index contributed by atoms with van der Waals surface area (Å²) in [5, 5.41) is 5.10. The number of aryl methyl sites for hydroxylation is 1. The van der Waals surface area contributed by atoms with Gasteiger partial charge in [-0.25, -0.2) is 0 Å². The van der Waals surface area contributed by atoms with Gasteiger partial charge in [-0.05, 0) is 44.1 Å². The van der Waals surface area contributed by atoms with Gasteiger partial charge in [0.1, 0.15) is 11.9 Å². The Hall–Kier alpha value is -1.52. The summed E-state index contributed by atoms with van der Waals surface area (Å²) >= 11 is 6.17. The number of pyridine rings is 1. The van der Waals surface area contributed by atoms with Gasteiger partial charge in [-0.15, -0.1) is 0 Å². The van der Waals surface area contributed by atoms with Crippen LogP contribution in [0.25, 0.3) is 10.8 Å². The quantitative estimate of drug-likeness (QED) is 0.924. The fourth-order valence-electron chi connectivity index (χ4n) is 2.58. The van der Waals surface area contributed by atoms with Crippen LogP contribution in [0.15, 0.2) is 29.2 Å². The molecule has 1 saturated heterocycles. The van der Waals surface area contributed by atoms with Crippen molar-refractivity contribution in [2.24, 2.45) is 7.05 Å². The molecule has 1 aromatic carbocycles. The van der Waals surface area contributed by atoms with E-state index in [1.54, 1.807) is 19.3 Å². The van der Waals surface area contributed by atoms with Crippen molar-refractivity contribution in [3.05, 3.63) is 39.8 Å². The lowest BCUT2D eigenvalue weighted by Crippen LogP contribution is -2.34. The van der Waals surface area contributed by atoms with Crippen LogP contribution in [0.5, 0.6) is 5.75 Å². The van der Waals surface area contributed by atoms with E-state index in [0.29, 0.717) is 10.4 Å². The van der Waals surface area contributed by atoms with Crippen LogP contribution in [0, 0.1) is 0 Å². The molecule has 0 spiro atoms. The zero-order valence-corrected chi connectivity index (χ0v) is 12.1. The first-order chi connectivity index (χ1) is 9.66. The van der Waals surface area contributed by atoms with Crippen LogP contribution in [-0.2, 0) is 7.05 Å². The summed E-state index contributed by atoms with van der Waals surface area (Å²) in [6.07, 6.45) is 3.91. The zero-order valence-electron chi connectivity index (χ0n) is 11.4.